The molecule has 0 aliphatic carbocycles. The van der Waals surface area contributed by atoms with Crippen LogP contribution in [0.1, 0.15) is 13.3 Å². The second-order valence-electron chi connectivity index (χ2n) is 2.56. The van der Waals surface area contributed by atoms with Gasteiger partial charge in [-0.15, -0.1) is 4.65 Å². The standard InChI is InChI=1S/C6H12NO2/c1-3-6(8)9-7(2)4-5-7/h3-5H2,1-2H3/q+1. The van der Waals surface area contributed by atoms with Crippen LogP contribution in [0.5, 0.6) is 0 Å². The van der Waals surface area contributed by atoms with Crippen LogP contribution in [0, 0.1) is 0 Å². The highest BCUT2D eigenvalue weighted by Gasteiger charge is 2.42. The lowest BCUT2D eigenvalue weighted by Crippen LogP contribution is -2.24. The number of likely N-dealkylation sites (N-methyl/N-ethyl adjacent to an activating group) is 1. The van der Waals surface area contributed by atoms with Crippen molar-refractivity contribution < 1.29 is 14.3 Å². The third-order valence-corrected chi connectivity index (χ3v) is 1.46. The summed E-state index contributed by atoms with van der Waals surface area (Å²) in [5.41, 5.74) is 0. The first-order valence-electron chi connectivity index (χ1n) is 3.23. The van der Waals surface area contributed by atoms with Gasteiger partial charge in [-0.1, -0.05) is 6.92 Å². The topological polar surface area (TPSA) is 26.3 Å². The molecule has 3 nitrogen and oxygen atoms in total. The molecular weight excluding hydrogens is 118 g/mol. The molecule has 0 radical (unpaired) electrons. The molecule has 0 bridgehead atoms. The van der Waals surface area contributed by atoms with Crippen LogP contribution in [-0.4, -0.2) is 30.8 Å². The minimum absolute atomic E-state index is 0.102. The van der Waals surface area contributed by atoms with Gasteiger partial charge in [0, 0.05) is 6.42 Å². The van der Waals surface area contributed by atoms with Crippen molar-refractivity contribution in [2.75, 3.05) is 20.1 Å². The molecule has 0 aromatic heterocycles. The van der Waals surface area contributed by atoms with Gasteiger partial charge in [0.15, 0.2) is 13.1 Å². The van der Waals surface area contributed by atoms with Crippen LogP contribution in [0.15, 0.2) is 0 Å². The Bertz CT molecular complexity index is 129. The highest BCUT2D eigenvalue weighted by Crippen LogP contribution is 2.17. The molecule has 1 fully saturated rings. The maximum Gasteiger partial charge on any atom is 0.366 e. The Balaban J connectivity index is 2.25. The van der Waals surface area contributed by atoms with E-state index in [9.17, 15) is 4.79 Å². The van der Waals surface area contributed by atoms with Crippen LogP contribution in [0.25, 0.3) is 0 Å². The van der Waals surface area contributed by atoms with Gasteiger partial charge in [-0.3, -0.25) is 4.84 Å². The van der Waals surface area contributed by atoms with Crippen molar-refractivity contribution in [3.05, 3.63) is 0 Å². The van der Waals surface area contributed by atoms with E-state index in [2.05, 4.69) is 0 Å². The van der Waals surface area contributed by atoms with E-state index in [0.717, 1.165) is 13.1 Å². The van der Waals surface area contributed by atoms with Gasteiger partial charge in [-0.25, -0.2) is 4.79 Å². The van der Waals surface area contributed by atoms with Crippen molar-refractivity contribution in [1.29, 1.82) is 0 Å². The lowest BCUT2D eigenvalue weighted by molar-refractivity contribution is -0.969. The van der Waals surface area contributed by atoms with E-state index in [1.165, 1.54) is 0 Å². The van der Waals surface area contributed by atoms with Crippen LogP contribution in [0.3, 0.4) is 0 Å². The van der Waals surface area contributed by atoms with E-state index in [0.29, 0.717) is 11.1 Å². The predicted molar refractivity (Wildman–Crippen MR) is 32.3 cm³/mol. The average molecular weight is 130 g/mol. The van der Waals surface area contributed by atoms with Gasteiger partial charge in [0.25, 0.3) is 0 Å². The van der Waals surface area contributed by atoms with Crippen molar-refractivity contribution in [2.24, 2.45) is 0 Å². The number of carbonyl (C=O) groups excluding carboxylic acids is 1. The molecule has 1 saturated heterocycles. The first-order chi connectivity index (χ1) is 4.16. The van der Waals surface area contributed by atoms with E-state index in [4.69, 9.17) is 4.84 Å². The Labute approximate surface area is 54.8 Å². The molecular formula is C6H12NO2+. The molecule has 1 heterocycles. The molecule has 1 aliphatic rings. The second-order valence-corrected chi connectivity index (χ2v) is 2.56. The van der Waals surface area contributed by atoms with E-state index in [1.54, 1.807) is 6.92 Å². The van der Waals surface area contributed by atoms with Gasteiger partial charge in [-0.2, -0.15) is 0 Å². The largest absolute Gasteiger partial charge is 0.366 e. The molecule has 0 aromatic carbocycles. The van der Waals surface area contributed by atoms with Gasteiger partial charge < -0.3 is 0 Å². The number of hydrogen-bond donors (Lipinski definition) is 0. The zero-order valence-corrected chi connectivity index (χ0v) is 5.89. The molecule has 1 rings (SSSR count). The van der Waals surface area contributed by atoms with E-state index in [1.807, 2.05) is 7.05 Å². The Morgan fingerprint density at radius 1 is 1.67 bits per heavy atom. The van der Waals surface area contributed by atoms with Crippen molar-refractivity contribution in [3.63, 3.8) is 0 Å². The molecule has 0 N–H and O–H groups in total. The number of hydrogen-bond acceptors (Lipinski definition) is 2. The highest BCUT2D eigenvalue weighted by atomic mass is 16.8. The summed E-state index contributed by atoms with van der Waals surface area (Å²) in [7, 11) is 1.91. The van der Waals surface area contributed by atoms with E-state index >= 15 is 0 Å². The number of quaternary nitrogens is 1. The van der Waals surface area contributed by atoms with Gasteiger partial charge >= 0.3 is 5.97 Å². The summed E-state index contributed by atoms with van der Waals surface area (Å²) >= 11 is 0. The molecule has 1 aliphatic heterocycles. The van der Waals surface area contributed by atoms with E-state index in [-0.39, 0.29) is 5.97 Å². The van der Waals surface area contributed by atoms with Crippen LogP contribution in [0.2, 0.25) is 0 Å². The summed E-state index contributed by atoms with van der Waals surface area (Å²) in [6.45, 7) is 3.76. The zero-order valence-electron chi connectivity index (χ0n) is 5.89. The molecule has 0 aromatic rings. The van der Waals surface area contributed by atoms with Gasteiger partial charge in [0.2, 0.25) is 0 Å². The minimum atomic E-state index is -0.102. The van der Waals surface area contributed by atoms with Crippen LogP contribution < -0.4 is 0 Å². The summed E-state index contributed by atoms with van der Waals surface area (Å²) in [5, 5.41) is 0. The van der Waals surface area contributed by atoms with Crippen molar-refractivity contribution in [3.8, 4) is 0 Å². The maximum absolute atomic E-state index is 10.6. The molecule has 0 saturated carbocycles. The quantitative estimate of drug-likeness (QED) is 0.397. The van der Waals surface area contributed by atoms with Crippen LogP contribution in [-0.2, 0) is 9.63 Å². The van der Waals surface area contributed by atoms with Crippen molar-refractivity contribution in [2.45, 2.75) is 13.3 Å². The third-order valence-electron chi connectivity index (χ3n) is 1.46. The molecule has 0 unspecified atom stereocenters. The maximum atomic E-state index is 10.6. The number of rotatable bonds is 2. The SMILES string of the molecule is CCC(=O)O[N+]1(C)CC1. The van der Waals surface area contributed by atoms with Gasteiger partial charge in [0.05, 0.1) is 0 Å². The fraction of sp³-hybridized carbons (Fsp3) is 0.833. The summed E-state index contributed by atoms with van der Waals surface area (Å²) in [5.74, 6) is -0.102. The normalized spacial score (nSPS) is 21.1. The first kappa shape index (κ1) is 6.55. The molecule has 52 valence electrons. The summed E-state index contributed by atoms with van der Waals surface area (Å²) in [4.78, 5) is 15.6. The van der Waals surface area contributed by atoms with Crippen LogP contribution >= 0.6 is 0 Å². The highest BCUT2D eigenvalue weighted by molar-refractivity contribution is 5.68. The number of nitrogens with zero attached hydrogens (tertiary/aromatic N) is 1. The Hall–Kier alpha value is -0.570. The fourth-order valence-corrected chi connectivity index (χ4v) is 0.542. The Morgan fingerprint density at radius 2 is 2.22 bits per heavy atom. The van der Waals surface area contributed by atoms with Crippen molar-refractivity contribution in [1.82, 2.24) is 0 Å². The second kappa shape index (κ2) is 1.99. The summed E-state index contributed by atoms with van der Waals surface area (Å²) in [6.07, 6.45) is 0.480. The molecule has 0 atom stereocenters. The van der Waals surface area contributed by atoms with E-state index < -0.39 is 0 Å². The first-order valence-corrected chi connectivity index (χ1v) is 3.23. The minimum Gasteiger partial charge on any atom is -0.276 e. The van der Waals surface area contributed by atoms with Gasteiger partial charge in [-0.05, 0) is 0 Å². The summed E-state index contributed by atoms with van der Waals surface area (Å²) < 4.78 is 0.493. The number of hydroxylamine groups is 3. The Morgan fingerprint density at radius 3 is 2.56 bits per heavy atom. The monoisotopic (exact) mass is 130 g/mol. The Kier molecular flexibility index (Phi) is 1.45. The zero-order chi connectivity index (χ0) is 6.91. The predicted octanol–water partition coefficient (Wildman–Crippen LogP) is 0.315. The van der Waals surface area contributed by atoms with Crippen LogP contribution in [0.4, 0.5) is 0 Å². The third kappa shape index (κ3) is 1.68. The fourth-order valence-electron chi connectivity index (χ4n) is 0.542. The summed E-state index contributed by atoms with van der Waals surface area (Å²) in [6, 6.07) is 0. The molecule has 9 heavy (non-hydrogen) atoms. The average Bonchev–Trinajstić information content (AvgIpc) is 2.48. The van der Waals surface area contributed by atoms with Crippen molar-refractivity contribution >= 4 is 5.97 Å². The number of carbonyl (C=O) groups is 1. The smallest absolute Gasteiger partial charge is 0.276 e. The molecule has 0 amide bonds. The molecule has 3 heteroatoms. The lowest BCUT2D eigenvalue weighted by atomic mass is 10.5. The molecule has 0 spiro atoms. The van der Waals surface area contributed by atoms with Gasteiger partial charge in [0.1, 0.15) is 7.05 Å². The lowest BCUT2D eigenvalue weighted by Gasteiger charge is -2.07.